The minimum atomic E-state index is -1.59. The number of carbonyl (C=O) groups excluding carboxylic acids is 11. The van der Waals surface area contributed by atoms with Crippen molar-refractivity contribution in [2.24, 2.45) is 143 Å². The molecule has 47 heteroatoms. The van der Waals surface area contributed by atoms with Crippen molar-refractivity contribution < 1.29 is 52.7 Å². The summed E-state index contributed by atoms with van der Waals surface area (Å²) in [5.74, 6) is -12.7. The van der Waals surface area contributed by atoms with Crippen molar-refractivity contribution in [3.63, 3.8) is 0 Å². The molecule has 0 aromatic carbocycles. The van der Waals surface area contributed by atoms with Crippen LogP contribution in [0.3, 0.4) is 0 Å². The zero-order valence-corrected chi connectivity index (χ0v) is 59.9. The van der Waals surface area contributed by atoms with E-state index >= 15 is 0 Å². The molecule has 0 fully saturated rings. The molecule has 0 aromatic heterocycles. The lowest BCUT2D eigenvalue weighted by molar-refractivity contribution is -0.136. The van der Waals surface area contributed by atoms with Crippen LogP contribution in [0.5, 0.6) is 0 Å². The first-order valence-corrected chi connectivity index (χ1v) is 33.9. The Labute approximate surface area is 608 Å². The topological polar surface area (TPSA) is 849 Å². The highest BCUT2D eigenvalue weighted by molar-refractivity contribution is 7.80. The van der Waals surface area contributed by atoms with Gasteiger partial charge in [0.25, 0.3) is 0 Å². The maximum absolute atomic E-state index is 14.9. The van der Waals surface area contributed by atoms with Crippen molar-refractivity contribution in [3.05, 3.63) is 0 Å². The highest BCUT2D eigenvalue weighted by Gasteiger charge is 2.36. The fraction of sp³-hybridized carbons (Fsp3) is 0.667. The van der Waals surface area contributed by atoms with E-state index < -0.39 is 132 Å². The third-order valence-corrected chi connectivity index (χ3v) is 14.8. The highest BCUT2D eigenvalue weighted by atomic mass is 32.1. The second-order valence-corrected chi connectivity index (χ2v) is 24.0. The quantitative estimate of drug-likeness (QED) is 0.0116. The van der Waals surface area contributed by atoms with E-state index in [1.807, 2.05) is 0 Å². The Morgan fingerprint density at radius 1 is 0.260 bits per heavy atom. The summed E-state index contributed by atoms with van der Waals surface area (Å²) in [5, 5.41) is 25.9. The smallest absolute Gasteiger partial charge is 0.243 e. The van der Waals surface area contributed by atoms with Gasteiger partial charge in [-0.3, -0.25) is 92.7 Å². The fourth-order valence-corrected chi connectivity index (χ4v) is 9.45. The van der Waals surface area contributed by atoms with Gasteiger partial charge in [-0.25, -0.2) is 0 Å². The average molecular weight is 1500 g/mol. The van der Waals surface area contributed by atoms with Crippen LogP contribution in [0.25, 0.3) is 0 Å². The molecule has 0 aliphatic rings. The molecule has 0 aliphatic heterocycles. The number of hydrogen-bond acceptors (Lipinski definition) is 20. The van der Waals surface area contributed by atoms with Gasteiger partial charge >= 0.3 is 0 Å². The first-order chi connectivity index (χ1) is 49.0. The summed E-state index contributed by atoms with van der Waals surface area (Å²) in [4.78, 5) is 185. The van der Waals surface area contributed by atoms with Gasteiger partial charge in [0, 0.05) is 64.0 Å². The van der Waals surface area contributed by atoms with Crippen LogP contribution in [0, 0.1) is 5.92 Å². The molecule has 0 radical (unpaired) electrons. The number of primary amides is 1. The van der Waals surface area contributed by atoms with E-state index in [4.69, 9.17) is 97.5 Å². The Hall–Kier alpha value is -11.3. The van der Waals surface area contributed by atoms with E-state index in [1.165, 1.54) is 0 Å². The second-order valence-electron chi connectivity index (χ2n) is 23.7. The number of nitrogens with zero attached hydrogens (tertiary/aromatic N) is 8. The van der Waals surface area contributed by atoms with Crippen LogP contribution in [0.2, 0.25) is 0 Å². The highest BCUT2D eigenvalue weighted by Crippen LogP contribution is 2.12. The number of aliphatic imine (C=N–C) groups is 8. The van der Waals surface area contributed by atoms with Gasteiger partial charge in [0.15, 0.2) is 47.7 Å². The van der Waals surface area contributed by atoms with E-state index in [0.717, 1.165) is 0 Å². The lowest BCUT2D eigenvalue weighted by Gasteiger charge is -2.28. The molecule has 11 amide bonds. The van der Waals surface area contributed by atoms with Crippen molar-refractivity contribution in [1.29, 1.82) is 0 Å². The van der Waals surface area contributed by atoms with Crippen LogP contribution in [0.15, 0.2) is 39.9 Å². The molecule has 0 heterocycles. The molecule has 0 saturated carbocycles. The van der Waals surface area contributed by atoms with Gasteiger partial charge in [0.2, 0.25) is 65.0 Å². The lowest BCUT2D eigenvalue weighted by atomic mass is 10.0. The largest absolute Gasteiger partial charge is 0.370 e. The SMILES string of the molecule is CC(C)C(=O)NCC(=O)NC(CCCN=C(N)N)C(=O)N[C@H](CCCN=C(N)N)C(=O)NC(CCCN=C(N)N)C(=O)N[C@H](CCCN=C(N)N)C(=O)NC(CCCN=C(N)N)C(=O)N[C@H](CCCN=C(N)N)C(=O)NC(CCCN=C(N)N)C(=O)N[C@H](CCCN=C(N)N)C(=O)NC(CS)C(N)=O. The van der Waals surface area contributed by atoms with Crippen LogP contribution in [0.4, 0.5) is 0 Å². The summed E-state index contributed by atoms with van der Waals surface area (Å²) < 4.78 is 0. The van der Waals surface area contributed by atoms with Crippen LogP contribution >= 0.6 is 12.6 Å². The molecule has 5 unspecified atom stereocenters. The number of thiol groups is 1. The maximum atomic E-state index is 14.9. The Morgan fingerprint density at radius 3 is 0.567 bits per heavy atom. The lowest BCUT2D eigenvalue weighted by Crippen LogP contribution is -2.60. The second kappa shape index (κ2) is 52.6. The molecule has 588 valence electrons. The molecular weight excluding hydrogens is 1380 g/mol. The van der Waals surface area contributed by atoms with Crippen molar-refractivity contribution in [2.75, 3.05) is 64.7 Å². The zero-order valence-electron chi connectivity index (χ0n) is 59.0. The minimum Gasteiger partial charge on any atom is -0.370 e. The Morgan fingerprint density at radius 2 is 0.423 bits per heavy atom. The molecule has 104 heavy (non-hydrogen) atoms. The van der Waals surface area contributed by atoms with Gasteiger partial charge in [-0.2, -0.15) is 12.6 Å². The van der Waals surface area contributed by atoms with Gasteiger partial charge in [-0.1, -0.05) is 13.8 Å². The van der Waals surface area contributed by atoms with Crippen LogP contribution in [-0.2, 0) is 52.7 Å². The monoisotopic (exact) mass is 1500 g/mol. The molecule has 46 nitrogen and oxygen atoms in total. The molecule has 0 bridgehead atoms. The first-order valence-electron chi connectivity index (χ1n) is 33.3. The summed E-state index contributed by atoms with van der Waals surface area (Å²) >= 11 is 4.09. The summed E-state index contributed by atoms with van der Waals surface area (Å²) in [6.07, 6.45) is -1.04. The summed E-state index contributed by atoms with van der Waals surface area (Å²) in [7, 11) is 0. The van der Waals surface area contributed by atoms with E-state index in [9.17, 15) is 52.7 Å². The molecule has 44 N–H and O–H groups in total. The van der Waals surface area contributed by atoms with E-state index in [-0.39, 0.29) is 209 Å². The van der Waals surface area contributed by atoms with Gasteiger partial charge in [0.05, 0.1) is 6.54 Å². The number of nitrogens with one attached hydrogen (secondary N) is 10. The van der Waals surface area contributed by atoms with Crippen LogP contribution in [-0.4, -0.2) is 232 Å². The first kappa shape index (κ1) is 92.7. The minimum absolute atomic E-state index is 0.00121. The molecule has 0 aliphatic carbocycles. The van der Waals surface area contributed by atoms with Gasteiger partial charge < -0.3 is 151 Å². The predicted molar refractivity (Wildman–Crippen MR) is 398 cm³/mol. The molecule has 9 atom stereocenters. The van der Waals surface area contributed by atoms with Gasteiger partial charge in [0.1, 0.15) is 54.4 Å². The number of amides is 11. The third-order valence-electron chi connectivity index (χ3n) is 14.4. The standard InChI is InChI=1S/C57H113N35O11S/c1-29(2)41(95)83-27-39(93)84-30(11-3-19-75-50(59)60)42(96)85-31(12-4-20-76-51(61)62)43(97)86-32(13-5-21-77-52(63)64)44(98)87-33(14-6-22-78-53(65)66)45(99)88-34(15-7-23-79-54(67)68)46(100)89-35(16-8-24-80-55(69)70)47(101)90-36(17-9-25-81-56(71)72)48(102)91-37(18-10-26-82-57(73)74)49(103)92-38(28-104)40(58)94/h29-38,104H,3-28H2,1-2H3,(H2,58,94)(H,83,95)(H,84,93)(H,85,96)(H,86,97)(H,87,98)(H,88,99)(H,89,100)(H,90,101)(H,91,102)(H,92,103)(H4,59,60,75)(H4,61,62,76)(H4,63,64,77)(H4,65,66,78)(H4,67,68,79)(H4,69,70,80)(H4,71,72,81)(H4,73,74,82)/t30?,31-,32?,33-,34?,35-,36?,37-,38?/m1/s1. The molecule has 0 saturated heterocycles. The normalized spacial score (nSPS) is 13.2. The maximum Gasteiger partial charge on any atom is 0.243 e. The Balaban J connectivity index is 7.91. The molecule has 0 aromatic rings. The average Bonchev–Trinajstić information content (AvgIpc) is 0.858. The van der Waals surface area contributed by atoms with Gasteiger partial charge in [-0.05, 0) is 103 Å². The Bertz CT molecular complexity index is 3010. The van der Waals surface area contributed by atoms with Crippen LogP contribution in [0.1, 0.15) is 117 Å². The van der Waals surface area contributed by atoms with E-state index in [2.05, 4.69) is 106 Å². The van der Waals surface area contributed by atoms with E-state index in [0.29, 0.717) is 0 Å². The summed E-state index contributed by atoms with van der Waals surface area (Å²) in [5.41, 5.74) is 94.5. The molecule has 0 spiro atoms. The van der Waals surface area contributed by atoms with Crippen molar-refractivity contribution in [2.45, 2.75) is 171 Å². The Kier molecular flexibility index (Phi) is 46.9. The number of rotatable bonds is 54. The van der Waals surface area contributed by atoms with Gasteiger partial charge in [-0.15, -0.1) is 0 Å². The number of hydrogen-bond donors (Lipinski definition) is 28. The fourth-order valence-electron chi connectivity index (χ4n) is 9.18. The van der Waals surface area contributed by atoms with E-state index in [1.54, 1.807) is 13.8 Å². The number of guanidine groups is 8. The summed E-state index contributed by atoms with van der Waals surface area (Å²) in [6, 6.07) is -13.3. The van der Waals surface area contributed by atoms with Crippen molar-refractivity contribution in [1.82, 2.24) is 53.2 Å². The predicted octanol–water partition coefficient (Wildman–Crippen LogP) is -13.0. The van der Waals surface area contributed by atoms with Crippen LogP contribution < -0.4 is 151 Å². The number of carbonyl (C=O) groups is 11. The van der Waals surface area contributed by atoms with Crippen molar-refractivity contribution in [3.8, 4) is 0 Å². The molecule has 0 rings (SSSR count). The summed E-state index contributed by atoms with van der Waals surface area (Å²) in [6.45, 7) is 2.35. The third kappa shape index (κ3) is 44.7. The zero-order chi connectivity index (χ0) is 78.9. The molecular formula is C57H113N35O11S. The van der Waals surface area contributed by atoms with Crippen molar-refractivity contribution >= 4 is 125 Å². The number of nitrogens with two attached hydrogens (primary N) is 17.